The van der Waals surface area contributed by atoms with E-state index in [-0.39, 0.29) is 23.4 Å². The Morgan fingerprint density at radius 2 is 1.74 bits per heavy atom. The topological polar surface area (TPSA) is 54.5 Å². The Bertz CT molecular complexity index is 706. The van der Waals surface area contributed by atoms with Crippen LogP contribution < -0.4 is 4.90 Å². The number of benzene rings is 1. The zero-order chi connectivity index (χ0) is 16.4. The molecular weight excluding hydrogens is 317 g/mol. The summed E-state index contributed by atoms with van der Waals surface area (Å²) in [6.07, 6.45) is 6.40. The average Bonchev–Trinajstić information content (AvgIpc) is 2.90. The fraction of sp³-hybridized carbons (Fsp3) is 0.471. The first-order valence-corrected chi connectivity index (χ1v) is 9.67. The van der Waals surface area contributed by atoms with E-state index in [1.54, 1.807) is 6.08 Å². The van der Waals surface area contributed by atoms with Crippen LogP contribution in [0.2, 0.25) is 0 Å². The van der Waals surface area contributed by atoms with E-state index in [0.717, 1.165) is 32.1 Å². The van der Waals surface area contributed by atoms with Gasteiger partial charge in [-0.3, -0.25) is 4.79 Å². The predicted molar refractivity (Wildman–Crippen MR) is 87.2 cm³/mol. The third-order valence-electron chi connectivity index (χ3n) is 4.54. The number of anilines is 1. The number of carbonyl (C=O) groups is 1. The maximum atomic E-state index is 13.2. The highest BCUT2D eigenvalue weighted by atomic mass is 32.2. The van der Waals surface area contributed by atoms with Gasteiger partial charge in [-0.15, -0.1) is 0 Å². The van der Waals surface area contributed by atoms with E-state index < -0.39 is 15.9 Å². The van der Waals surface area contributed by atoms with Gasteiger partial charge in [-0.25, -0.2) is 12.8 Å². The summed E-state index contributed by atoms with van der Waals surface area (Å²) in [7, 11) is -3.27. The van der Waals surface area contributed by atoms with Crippen LogP contribution in [0, 0.1) is 11.7 Å². The standard InChI is InChI=1S/C17H20FNO3S/c18-14-6-8-15(9-7-14)19(16-10-11-23(21,22)12-16)17(20)13-4-2-1-3-5-13/h6-11,13,16H,1-5,12H2. The van der Waals surface area contributed by atoms with Crippen molar-refractivity contribution in [2.75, 3.05) is 10.7 Å². The second kappa shape index (κ2) is 6.43. The molecule has 0 aromatic heterocycles. The van der Waals surface area contributed by atoms with Crippen LogP contribution in [0.25, 0.3) is 0 Å². The second-order valence-electron chi connectivity index (χ2n) is 6.24. The number of amides is 1. The number of hydrogen-bond acceptors (Lipinski definition) is 3. The van der Waals surface area contributed by atoms with Crippen LogP contribution in [0.4, 0.5) is 10.1 Å². The molecule has 2 aliphatic rings. The first-order chi connectivity index (χ1) is 11.0. The molecule has 0 spiro atoms. The lowest BCUT2D eigenvalue weighted by atomic mass is 9.88. The highest BCUT2D eigenvalue weighted by Crippen LogP contribution is 2.30. The van der Waals surface area contributed by atoms with Gasteiger partial charge in [-0.2, -0.15) is 0 Å². The highest BCUT2D eigenvalue weighted by Gasteiger charge is 2.35. The molecule has 1 heterocycles. The Morgan fingerprint density at radius 1 is 1.09 bits per heavy atom. The van der Waals surface area contributed by atoms with Crippen molar-refractivity contribution >= 4 is 21.4 Å². The van der Waals surface area contributed by atoms with E-state index in [1.807, 2.05) is 0 Å². The van der Waals surface area contributed by atoms with E-state index in [4.69, 9.17) is 0 Å². The van der Waals surface area contributed by atoms with E-state index in [9.17, 15) is 17.6 Å². The number of sulfone groups is 1. The van der Waals surface area contributed by atoms with Crippen molar-refractivity contribution < 1.29 is 17.6 Å². The molecule has 1 aliphatic heterocycles. The zero-order valence-electron chi connectivity index (χ0n) is 12.8. The molecule has 0 saturated heterocycles. The van der Waals surface area contributed by atoms with Crippen LogP contribution in [-0.4, -0.2) is 26.1 Å². The van der Waals surface area contributed by atoms with Crippen molar-refractivity contribution in [2.45, 2.75) is 38.1 Å². The first kappa shape index (κ1) is 16.2. The third-order valence-corrected chi connectivity index (χ3v) is 5.92. The van der Waals surface area contributed by atoms with Crippen molar-refractivity contribution in [1.82, 2.24) is 0 Å². The Labute approximate surface area is 135 Å². The van der Waals surface area contributed by atoms with Crippen LogP contribution in [-0.2, 0) is 14.6 Å². The fourth-order valence-corrected chi connectivity index (χ4v) is 4.62. The maximum absolute atomic E-state index is 13.2. The van der Waals surface area contributed by atoms with Gasteiger partial charge < -0.3 is 4.90 Å². The highest BCUT2D eigenvalue weighted by molar-refractivity contribution is 7.94. The van der Waals surface area contributed by atoms with Crippen LogP contribution in [0.3, 0.4) is 0 Å². The molecule has 1 saturated carbocycles. The number of carbonyl (C=O) groups excluding carboxylic acids is 1. The van der Waals surface area contributed by atoms with Crippen LogP contribution in [0.5, 0.6) is 0 Å². The average molecular weight is 337 g/mol. The van der Waals surface area contributed by atoms with E-state index in [1.165, 1.54) is 34.6 Å². The van der Waals surface area contributed by atoms with Gasteiger partial charge in [0.05, 0.1) is 11.8 Å². The van der Waals surface area contributed by atoms with E-state index >= 15 is 0 Å². The van der Waals surface area contributed by atoms with E-state index in [2.05, 4.69) is 0 Å². The SMILES string of the molecule is O=C(C1CCCCC1)N(c1ccc(F)cc1)C1C=CS(=O)(=O)C1. The summed E-state index contributed by atoms with van der Waals surface area (Å²) in [6, 6.07) is 5.15. The molecule has 1 aliphatic carbocycles. The molecule has 1 atom stereocenters. The molecule has 0 bridgehead atoms. The van der Waals surface area contributed by atoms with Crippen molar-refractivity contribution in [3.05, 3.63) is 41.6 Å². The third kappa shape index (κ3) is 3.63. The molecule has 1 aromatic rings. The quantitative estimate of drug-likeness (QED) is 0.852. The Hall–Kier alpha value is -1.69. The number of nitrogens with zero attached hydrogens (tertiary/aromatic N) is 1. The zero-order valence-corrected chi connectivity index (χ0v) is 13.6. The molecule has 1 unspecified atom stereocenters. The van der Waals surface area contributed by atoms with Gasteiger partial charge in [0, 0.05) is 17.0 Å². The number of hydrogen-bond donors (Lipinski definition) is 0. The summed E-state index contributed by atoms with van der Waals surface area (Å²) in [5, 5.41) is 1.17. The molecule has 1 fully saturated rings. The van der Waals surface area contributed by atoms with Gasteiger partial charge in [0.15, 0.2) is 9.84 Å². The lowest BCUT2D eigenvalue weighted by molar-refractivity contribution is -0.123. The molecule has 3 rings (SSSR count). The predicted octanol–water partition coefficient (Wildman–Crippen LogP) is 3.05. The Balaban J connectivity index is 1.91. The van der Waals surface area contributed by atoms with Gasteiger partial charge >= 0.3 is 0 Å². The minimum Gasteiger partial charge on any atom is -0.304 e. The largest absolute Gasteiger partial charge is 0.304 e. The lowest BCUT2D eigenvalue weighted by Gasteiger charge is -2.32. The first-order valence-electron chi connectivity index (χ1n) is 7.96. The normalized spacial score (nSPS) is 23.8. The molecule has 1 amide bonds. The molecule has 1 aromatic carbocycles. The van der Waals surface area contributed by atoms with Crippen LogP contribution in [0.1, 0.15) is 32.1 Å². The molecule has 0 N–H and O–H groups in total. The summed E-state index contributed by atoms with van der Waals surface area (Å²) in [5.41, 5.74) is 0.550. The van der Waals surface area contributed by atoms with Gasteiger partial charge in [0.1, 0.15) is 5.82 Å². The van der Waals surface area contributed by atoms with E-state index in [0.29, 0.717) is 5.69 Å². The molecule has 4 nitrogen and oxygen atoms in total. The summed E-state index contributed by atoms with van der Waals surface area (Å²) in [4.78, 5) is 14.5. The molecule has 23 heavy (non-hydrogen) atoms. The maximum Gasteiger partial charge on any atom is 0.230 e. The Morgan fingerprint density at radius 3 is 2.30 bits per heavy atom. The summed E-state index contributed by atoms with van der Waals surface area (Å²) in [6.45, 7) is 0. The monoisotopic (exact) mass is 337 g/mol. The smallest absolute Gasteiger partial charge is 0.230 e. The summed E-state index contributed by atoms with van der Waals surface area (Å²) >= 11 is 0. The van der Waals surface area contributed by atoms with Crippen LogP contribution >= 0.6 is 0 Å². The minimum atomic E-state index is -3.27. The Kier molecular flexibility index (Phi) is 4.53. The molecule has 6 heteroatoms. The molecular formula is C17H20FNO3S. The lowest BCUT2D eigenvalue weighted by Crippen LogP contribution is -2.45. The van der Waals surface area contributed by atoms with Crippen molar-refractivity contribution in [2.24, 2.45) is 5.92 Å². The van der Waals surface area contributed by atoms with Crippen molar-refractivity contribution in [3.63, 3.8) is 0 Å². The van der Waals surface area contributed by atoms with Gasteiger partial charge in [0.2, 0.25) is 5.91 Å². The fourth-order valence-electron chi connectivity index (χ4n) is 3.35. The summed E-state index contributed by atoms with van der Waals surface area (Å²) in [5.74, 6) is -0.620. The second-order valence-corrected chi connectivity index (χ2v) is 8.18. The number of halogens is 1. The molecule has 0 radical (unpaired) electrons. The minimum absolute atomic E-state index is 0.0527. The number of rotatable bonds is 3. The van der Waals surface area contributed by atoms with Crippen LogP contribution in [0.15, 0.2) is 35.7 Å². The molecule has 124 valence electrons. The van der Waals surface area contributed by atoms with Gasteiger partial charge in [-0.1, -0.05) is 19.3 Å². The summed E-state index contributed by atoms with van der Waals surface area (Å²) < 4.78 is 36.7. The van der Waals surface area contributed by atoms with Crippen molar-refractivity contribution in [1.29, 1.82) is 0 Å². The van der Waals surface area contributed by atoms with Gasteiger partial charge in [0.25, 0.3) is 0 Å². The van der Waals surface area contributed by atoms with Gasteiger partial charge in [-0.05, 0) is 43.2 Å². The van der Waals surface area contributed by atoms with Crippen molar-refractivity contribution in [3.8, 4) is 0 Å².